The van der Waals surface area contributed by atoms with E-state index in [0.29, 0.717) is 16.2 Å². The predicted octanol–water partition coefficient (Wildman–Crippen LogP) is 5.54. The molecule has 0 aromatic heterocycles. The molecule has 2 aromatic carbocycles. The van der Waals surface area contributed by atoms with Gasteiger partial charge in [-0.2, -0.15) is 0 Å². The van der Waals surface area contributed by atoms with E-state index in [2.05, 4.69) is 0 Å². The van der Waals surface area contributed by atoms with Gasteiger partial charge >= 0.3 is 0 Å². The molecule has 0 heterocycles. The fraction of sp³-hybridized carbons (Fsp3) is 0.0667. The van der Waals surface area contributed by atoms with E-state index in [9.17, 15) is 13.2 Å². The van der Waals surface area contributed by atoms with E-state index in [4.69, 9.17) is 23.2 Å². The van der Waals surface area contributed by atoms with Crippen LogP contribution in [0.3, 0.4) is 0 Å². The van der Waals surface area contributed by atoms with Crippen LogP contribution in [0, 0.1) is 17.5 Å². The normalized spacial score (nSPS) is 11.8. The van der Waals surface area contributed by atoms with Crippen LogP contribution >= 0.6 is 23.2 Å². The summed E-state index contributed by atoms with van der Waals surface area (Å²) in [5.74, 6) is -4.00. The Kier molecular flexibility index (Phi) is 4.73. The number of rotatable bonds is 3. The lowest BCUT2D eigenvalue weighted by Crippen LogP contribution is -1.95. The lowest BCUT2D eigenvalue weighted by molar-refractivity contribution is 0.446. The van der Waals surface area contributed by atoms with E-state index in [1.54, 1.807) is 30.3 Å². The molecule has 0 atom stereocenters. The van der Waals surface area contributed by atoms with E-state index in [1.807, 2.05) is 0 Å². The van der Waals surface area contributed by atoms with Gasteiger partial charge in [-0.05, 0) is 41.0 Å². The molecule has 0 aliphatic heterocycles. The summed E-state index contributed by atoms with van der Waals surface area (Å²) in [7, 11) is 0. The van der Waals surface area contributed by atoms with E-state index >= 15 is 0 Å². The number of alkyl halides is 1. The van der Waals surface area contributed by atoms with Gasteiger partial charge in [0.15, 0.2) is 17.5 Å². The van der Waals surface area contributed by atoms with Gasteiger partial charge in [0.25, 0.3) is 0 Å². The van der Waals surface area contributed by atoms with Gasteiger partial charge in [0.05, 0.1) is 0 Å². The van der Waals surface area contributed by atoms with Crippen molar-refractivity contribution in [3.63, 3.8) is 0 Å². The maximum Gasteiger partial charge on any atom is 0.194 e. The van der Waals surface area contributed by atoms with E-state index in [-0.39, 0.29) is 11.4 Å². The molecule has 2 aromatic rings. The lowest BCUT2D eigenvalue weighted by atomic mass is 10.0. The van der Waals surface area contributed by atoms with Gasteiger partial charge in [-0.15, -0.1) is 11.6 Å². The van der Waals surface area contributed by atoms with Gasteiger partial charge in [0.2, 0.25) is 0 Å². The molecule has 0 aliphatic rings. The van der Waals surface area contributed by atoms with Crippen LogP contribution in [-0.2, 0) is 0 Å². The third-order valence-corrected chi connectivity index (χ3v) is 3.37. The van der Waals surface area contributed by atoms with E-state index < -0.39 is 17.5 Å². The van der Waals surface area contributed by atoms with Crippen molar-refractivity contribution in [2.24, 2.45) is 0 Å². The monoisotopic (exact) mass is 316 g/mol. The van der Waals surface area contributed by atoms with Crippen LogP contribution in [0.15, 0.2) is 36.4 Å². The van der Waals surface area contributed by atoms with Gasteiger partial charge < -0.3 is 0 Å². The summed E-state index contributed by atoms with van der Waals surface area (Å²) in [5.41, 5.74) is 1.28. The Morgan fingerprint density at radius 2 is 1.65 bits per heavy atom. The summed E-state index contributed by atoms with van der Waals surface area (Å²) in [6, 6.07) is 8.77. The molecular weight excluding hydrogens is 308 g/mol. The Labute approximate surface area is 124 Å². The topological polar surface area (TPSA) is 0 Å². The predicted molar refractivity (Wildman–Crippen MR) is 76.4 cm³/mol. The molecule has 0 aliphatic carbocycles. The summed E-state index contributed by atoms with van der Waals surface area (Å²) in [6.07, 6.45) is 1.61. The van der Waals surface area contributed by atoms with Gasteiger partial charge in [0, 0.05) is 10.9 Å². The first-order chi connectivity index (χ1) is 9.52. The van der Waals surface area contributed by atoms with Crippen molar-refractivity contribution >= 4 is 34.9 Å². The Morgan fingerprint density at radius 1 is 1.05 bits per heavy atom. The second-order valence-corrected chi connectivity index (χ2v) is 4.75. The fourth-order valence-electron chi connectivity index (χ4n) is 1.72. The third kappa shape index (κ3) is 3.17. The second-order valence-electron chi connectivity index (χ2n) is 4.08. The second kappa shape index (κ2) is 6.33. The summed E-state index contributed by atoms with van der Waals surface area (Å²) in [4.78, 5) is 0. The highest BCUT2D eigenvalue weighted by Crippen LogP contribution is 2.26. The van der Waals surface area contributed by atoms with Crippen molar-refractivity contribution in [3.8, 4) is 0 Å². The smallest absolute Gasteiger partial charge is 0.194 e. The molecule has 0 fully saturated rings. The summed E-state index contributed by atoms with van der Waals surface area (Å²) >= 11 is 11.8. The van der Waals surface area contributed by atoms with Crippen LogP contribution < -0.4 is 0 Å². The zero-order valence-corrected chi connectivity index (χ0v) is 11.7. The van der Waals surface area contributed by atoms with E-state index in [1.165, 1.54) is 0 Å². The van der Waals surface area contributed by atoms with Gasteiger partial charge in [-0.3, -0.25) is 0 Å². The van der Waals surface area contributed by atoms with Crippen molar-refractivity contribution in [3.05, 3.63) is 70.0 Å². The van der Waals surface area contributed by atoms with Crippen molar-refractivity contribution in [1.82, 2.24) is 0 Å². The molecule has 0 spiro atoms. The van der Waals surface area contributed by atoms with Crippen molar-refractivity contribution in [2.75, 3.05) is 5.88 Å². The van der Waals surface area contributed by atoms with Gasteiger partial charge in [-0.25, -0.2) is 13.2 Å². The largest absolute Gasteiger partial charge is 0.204 e. The Balaban J connectivity index is 2.51. The summed E-state index contributed by atoms with van der Waals surface area (Å²) in [6.45, 7) is 0. The lowest BCUT2D eigenvalue weighted by Gasteiger charge is -2.07. The van der Waals surface area contributed by atoms with Gasteiger partial charge in [0.1, 0.15) is 0 Å². The van der Waals surface area contributed by atoms with Crippen LogP contribution in [0.1, 0.15) is 11.1 Å². The van der Waals surface area contributed by atoms with Crippen LogP contribution in [0.5, 0.6) is 0 Å². The van der Waals surface area contributed by atoms with Crippen LogP contribution in [0.25, 0.3) is 11.6 Å². The highest BCUT2D eigenvalue weighted by molar-refractivity contribution is 6.32. The molecule has 0 saturated carbocycles. The maximum absolute atomic E-state index is 13.2. The summed E-state index contributed by atoms with van der Waals surface area (Å²) in [5, 5.41) is 0.484. The molecule has 0 amide bonds. The Hall–Kier alpha value is -1.45. The van der Waals surface area contributed by atoms with Crippen molar-refractivity contribution < 1.29 is 13.2 Å². The standard InChI is InChI=1S/C15H9Cl2F3/c16-8-11(5-9-3-1-2-4-12(9)17)10-6-13(18)15(20)14(19)7-10/h1-7H,8H2. The van der Waals surface area contributed by atoms with Gasteiger partial charge in [-0.1, -0.05) is 29.8 Å². The maximum atomic E-state index is 13.2. The van der Waals surface area contributed by atoms with Crippen LogP contribution in [-0.4, -0.2) is 5.88 Å². The number of hydrogen-bond donors (Lipinski definition) is 0. The number of benzene rings is 2. The molecule has 20 heavy (non-hydrogen) atoms. The summed E-state index contributed by atoms with van der Waals surface area (Å²) < 4.78 is 39.4. The highest BCUT2D eigenvalue weighted by atomic mass is 35.5. The molecule has 2 rings (SSSR count). The Morgan fingerprint density at radius 3 is 2.20 bits per heavy atom. The zero-order chi connectivity index (χ0) is 14.7. The molecule has 104 valence electrons. The van der Waals surface area contributed by atoms with Crippen LogP contribution in [0.4, 0.5) is 13.2 Å². The minimum Gasteiger partial charge on any atom is -0.204 e. The first kappa shape index (κ1) is 14.9. The fourth-order valence-corrected chi connectivity index (χ4v) is 2.14. The van der Waals surface area contributed by atoms with E-state index in [0.717, 1.165) is 12.1 Å². The third-order valence-electron chi connectivity index (χ3n) is 2.73. The molecule has 0 unspecified atom stereocenters. The SMILES string of the molecule is Fc1cc(C(=Cc2ccccc2Cl)CCl)cc(F)c1F. The molecule has 5 heteroatoms. The molecule has 0 nitrogen and oxygen atoms in total. The molecular formula is C15H9Cl2F3. The van der Waals surface area contributed by atoms with Crippen molar-refractivity contribution in [1.29, 1.82) is 0 Å². The number of halogens is 5. The van der Waals surface area contributed by atoms with Crippen LogP contribution in [0.2, 0.25) is 5.02 Å². The molecule has 0 saturated heterocycles. The minimum atomic E-state index is -1.50. The molecule has 0 radical (unpaired) electrons. The zero-order valence-electron chi connectivity index (χ0n) is 10.1. The molecule has 0 bridgehead atoms. The van der Waals surface area contributed by atoms with Crippen molar-refractivity contribution in [2.45, 2.75) is 0 Å². The quantitative estimate of drug-likeness (QED) is 0.396. The average molecular weight is 317 g/mol. The minimum absolute atomic E-state index is 0.00966. The first-order valence-electron chi connectivity index (χ1n) is 5.69. The Bertz CT molecular complexity index is 643. The average Bonchev–Trinajstić information content (AvgIpc) is 2.43. The highest BCUT2D eigenvalue weighted by Gasteiger charge is 2.13. The first-order valence-corrected chi connectivity index (χ1v) is 6.60. The number of hydrogen-bond acceptors (Lipinski definition) is 0. The molecule has 0 N–H and O–H groups in total. The number of allylic oxidation sites excluding steroid dienone is 1.